The minimum Gasteiger partial charge on any atom is -0.324 e. The summed E-state index contributed by atoms with van der Waals surface area (Å²) in [5.41, 5.74) is 6.09. The third kappa shape index (κ3) is 6.66. The lowest BCUT2D eigenvalue weighted by molar-refractivity contribution is 0.0812. The summed E-state index contributed by atoms with van der Waals surface area (Å²) in [7, 11) is 2.19. The number of aromatic nitrogens is 3. The Kier molecular flexibility index (Phi) is 8.24. The van der Waals surface area contributed by atoms with Gasteiger partial charge in [-0.25, -0.2) is 9.97 Å². The summed E-state index contributed by atoms with van der Waals surface area (Å²) in [5.74, 6) is 0.335. The van der Waals surface area contributed by atoms with Gasteiger partial charge in [-0.2, -0.15) is 0 Å². The Labute approximate surface area is 230 Å². The van der Waals surface area contributed by atoms with Gasteiger partial charge in [0.05, 0.1) is 5.69 Å². The molecule has 0 spiro atoms. The first-order valence-corrected chi connectivity index (χ1v) is 13.4. The molecule has 0 aliphatic carbocycles. The number of aryl methyl sites for hydroxylation is 1. The largest absolute Gasteiger partial charge is 0.324 e. The van der Waals surface area contributed by atoms with Gasteiger partial charge in [-0.3, -0.25) is 14.7 Å². The molecule has 0 radical (unpaired) electrons. The van der Waals surface area contributed by atoms with E-state index in [0.717, 1.165) is 55.1 Å². The van der Waals surface area contributed by atoms with E-state index in [4.69, 9.17) is 0 Å². The molecular weight excluding hydrogens is 486 g/mol. The Hall–Kier alpha value is -4.14. The van der Waals surface area contributed by atoms with E-state index in [9.17, 15) is 4.79 Å². The molecule has 4 aromatic rings. The number of rotatable bonds is 8. The number of pyridine rings is 1. The van der Waals surface area contributed by atoms with E-state index in [2.05, 4.69) is 61.5 Å². The molecule has 39 heavy (non-hydrogen) atoms. The van der Waals surface area contributed by atoms with Gasteiger partial charge in [-0.1, -0.05) is 25.1 Å². The van der Waals surface area contributed by atoms with Crippen LogP contribution in [0.25, 0.3) is 11.3 Å². The molecule has 0 bridgehead atoms. The number of likely N-dealkylation sites (N-methyl/N-ethyl adjacent to an activating group) is 1. The summed E-state index contributed by atoms with van der Waals surface area (Å²) in [6.45, 7) is 8.42. The number of amides is 1. The van der Waals surface area contributed by atoms with E-state index in [1.807, 2.05) is 55.5 Å². The predicted molar refractivity (Wildman–Crippen MR) is 156 cm³/mol. The van der Waals surface area contributed by atoms with Crippen LogP contribution in [0.5, 0.6) is 0 Å². The maximum Gasteiger partial charge on any atom is 0.255 e. The number of hydrogen-bond acceptors (Lipinski definition) is 7. The lowest BCUT2D eigenvalue weighted by atomic mass is 10.1. The first kappa shape index (κ1) is 26.5. The molecule has 2 aromatic heterocycles. The molecule has 2 N–H and O–H groups in total. The molecule has 1 unspecified atom stereocenters. The summed E-state index contributed by atoms with van der Waals surface area (Å²) >= 11 is 0. The highest BCUT2D eigenvalue weighted by Gasteiger charge is 2.23. The highest BCUT2D eigenvalue weighted by atomic mass is 16.1. The molecule has 1 atom stereocenters. The third-order valence-corrected chi connectivity index (χ3v) is 7.24. The second-order valence-electron chi connectivity index (χ2n) is 10.1. The molecule has 8 nitrogen and oxygen atoms in total. The number of hydrogen-bond donors (Lipinski definition) is 2. The van der Waals surface area contributed by atoms with Gasteiger partial charge in [0.15, 0.2) is 0 Å². The SMILES string of the molecule is CCC1CN(C)CCN1Cc1ccc(C(=O)Nc2ccc(C)c(Nc3nccc(-c4cccnc4)n3)c2)cc1. The van der Waals surface area contributed by atoms with Gasteiger partial charge in [-0.15, -0.1) is 0 Å². The molecule has 2 aromatic carbocycles. The minimum atomic E-state index is -0.141. The van der Waals surface area contributed by atoms with Gasteiger partial charge < -0.3 is 15.5 Å². The number of nitrogens with one attached hydrogen (secondary N) is 2. The van der Waals surface area contributed by atoms with Crippen LogP contribution in [0, 0.1) is 6.92 Å². The average Bonchev–Trinajstić information content (AvgIpc) is 2.96. The van der Waals surface area contributed by atoms with Crippen LogP contribution in [0.15, 0.2) is 79.3 Å². The zero-order chi connectivity index (χ0) is 27.2. The molecule has 1 aliphatic heterocycles. The van der Waals surface area contributed by atoms with Gasteiger partial charge in [0.2, 0.25) is 5.95 Å². The predicted octanol–water partition coefficient (Wildman–Crippen LogP) is 5.37. The molecule has 1 fully saturated rings. The molecule has 1 aliphatic rings. The highest BCUT2D eigenvalue weighted by Crippen LogP contribution is 2.25. The van der Waals surface area contributed by atoms with Crippen LogP contribution in [0.4, 0.5) is 17.3 Å². The summed E-state index contributed by atoms with van der Waals surface area (Å²) < 4.78 is 0. The van der Waals surface area contributed by atoms with E-state index in [1.54, 1.807) is 18.6 Å². The first-order valence-electron chi connectivity index (χ1n) is 13.4. The zero-order valence-electron chi connectivity index (χ0n) is 22.8. The molecule has 8 heteroatoms. The van der Waals surface area contributed by atoms with Crippen molar-refractivity contribution < 1.29 is 4.79 Å². The van der Waals surface area contributed by atoms with Crippen molar-refractivity contribution in [1.29, 1.82) is 0 Å². The number of anilines is 3. The van der Waals surface area contributed by atoms with Crippen molar-refractivity contribution in [2.45, 2.75) is 32.9 Å². The first-order chi connectivity index (χ1) is 19.0. The standard InChI is InChI=1S/C31H35N7O/c1-4-27-21-37(3)16-17-38(27)20-23-8-10-24(11-9-23)30(39)34-26-12-7-22(2)29(18-26)36-31-33-15-13-28(35-31)25-6-5-14-32-19-25/h5-15,18-19,27H,4,16-17,20-21H2,1-3H3,(H,34,39)(H,33,35,36). The number of carbonyl (C=O) groups excluding carboxylic acids is 1. The lowest BCUT2D eigenvalue weighted by Gasteiger charge is -2.39. The molecule has 1 saturated heterocycles. The number of nitrogens with zero attached hydrogens (tertiary/aromatic N) is 5. The van der Waals surface area contributed by atoms with Crippen LogP contribution in [-0.4, -0.2) is 63.4 Å². The van der Waals surface area contributed by atoms with E-state index in [1.165, 1.54) is 5.56 Å². The van der Waals surface area contributed by atoms with Crippen LogP contribution in [-0.2, 0) is 6.54 Å². The van der Waals surface area contributed by atoms with Gasteiger partial charge in [-0.05, 0) is 74.0 Å². The van der Waals surface area contributed by atoms with E-state index in [0.29, 0.717) is 23.2 Å². The monoisotopic (exact) mass is 521 g/mol. The zero-order valence-corrected chi connectivity index (χ0v) is 22.8. The smallest absolute Gasteiger partial charge is 0.255 e. The van der Waals surface area contributed by atoms with Crippen LogP contribution in [0.3, 0.4) is 0 Å². The Balaban J connectivity index is 1.24. The Morgan fingerprint density at radius 3 is 2.67 bits per heavy atom. The van der Waals surface area contributed by atoms with E-state index in [-0.39, 0.29) is 5.91 Å². The van der Waals surface area contributed by atoms with Crippen molar-refractivity contribution in [2.75, 3.05) is 37.3 Å². The van der Waals surface area contributed by atoms with Crippen molar-refractivity contribution >= 4 is 23.2 Å². The van der Waals surface area contributed by atoms with Crippen LogP contribution < -0.4 is 10.6 Å². The number of benzene rings is 2. The molecule has 0 saturated carbocycles. The molecule has 5 rings (SSSR count). The van der Waals surface area contributed by atoms with Crippen molar-refractivity contribution in [1.82, 2.24) is 24.8 Å². The normalized spacial score (nSPS) is 16.1. The summed E-state index contributed by atoms with van der Waals surface area (Å²) in [5, 5.41) is 6.32. The maximum absolute atomic E-state index is 13.0. The van der Waals surface area contributed by atoms with E-state index >= 15 is 0 Å². The molecular formula is C31H35N7O. The van der Waals surface area contributed by atoms with Crippen molar-refractivity contribution in [3.63, 3.8) is 0 Å². The van der Waals surface area contributed by atoms with Crippen LogP contribution >= 0.6 is 0 Å². The molecule has 3 heterocycles. The van der Waals surface area contributed by atoms with Gasteiger partial charge in [0.1, 0.15) is 0 Å². The maximum atomic E-state index is 13.0. The summed E-state index contributed by atoms with van der Waals surface area (Å²) in [4.78, 5) is 31.1. The Morgan fingerprint density at radius 2 is 1.90 bits per heavy atom. The van der Waals surface area contributed by atoms with Crippen molar-refractivity contribution in [3.8, 4) is 11.3 Å². The second-order valence-corrected chi connectivity index (χ2v) is 10.1. The fraction of sp³-hybridized carbons (Fsp3) is 0.290. The van der Waals surface area contributed by atoms with Gasteiger partial charge in [0, 0.05) is 73.3 Å². The molecule has 1 amide bonds. The molecule has 200 valence electrons. The fourth-order valence-electron chi connectivity index (χ4n) is 4.89. The minimum absolute atomic E-state index is 0.141. The van der Waals surface area contributed by atoms with Crippen molar-refractivity contribution in [2.24, 2.45) is 0 Å². The summed E-state index contributed by atoms with van der Waals surface area (Å²) in [6.07, 6.45) is 6.36. The van der Waals surface area contributed by atoms with Gasteiger partial charge in [0.25, 0.3) is 5.91 Å². The lowest BCUT2D eigenvalue weighted by Crippen LogP contribution is -2.50. The van der Waals surface area contributed by atoms with Gasteiger partial charge >= 0.3 is 0 Å². The Morgan fingerprint density at radius 1 is 1.05 bits per heavy atom. The van der Waals surface area contributed by atoms with E-state index < -0.39 is 0 Å². The third-order valence-electron chi connectivity index (χ3n) is 7.24. The van der Waals surface area contributed by atoms with Crippen LogP contribution in [0.2, 0.25) is 0 Å². The number of piperazine rings is 1. The topological polar surface area (TPSA) is 86.3 Å². The Bertz CT molecular complexity index is 1410. The van der Waals surface area contributed by atoms with Crippen LogP contribution in [0.1, 0.15) is 34.8 Å². The fourth-order valence-corrected chi connectivity index (χ4v) is 4.89. The quantitative estimate of drug-likeness (QED) is 0.322. The number of carbonyl (C=O) groups is 1. The summed E-state index contributed by atoms with van der Waals surface area (Å²) in [6, 6.07) is 20.0. The average molecular weight is 522 g/mol. The second kappa shape index (κ2) is 12.1. The van der Waals surface area contributed by atoms with Crippen molar-refractivity contribution in [3.05, 3.63) is 95.9 Å². The highest BCUT2D eigenvalue weighted by molar-refractivity contribution is 6.04.